The summed E-state index contributed by atoms with van der Waals surface area (Å²) in [5.74, 6) is -2.56. The Morgan fingerprint density at radius 3 is 1.22 bits per heavy atom. The number of carbonyl (C=O) groups is 8. The summed E-state index contributed by atoms with van der Waals surface area (Å²) in [7, 11) is 0. The topological polar surface area (TPSA) is 319 Å². The van der Waals surface area contributed by atoms with E-state index in [1.165, 1.54) is 4.90 Å². The summed E-state index contributed by atoms with van der Waals surface area (Å²) in [4.78, 5) is 94.2. The van der Waals surface area contributed by atoms with Gasteiger partial charge < -0.3 is 61.8 Å². The van der Waals surface area contributed by atoms with E-state index < -0.39 is 76.6 Å². The molecule has 0 aromatic rings. The van der Waals surface area contributed by atoms with Gasteiger partial charge in [0.1, 0.15) is 22.4 Å². The van der Waals surface area contributed by atoms with E-state index in [9.17, 15) is 48.6 Å². The molecule has 1 saturated heterocycles. The fourth-order valence-corrected chi connectivity index (χ4v) is 11.7. The Bertz CT molecular complexity index is 2050. The molecule has 16 atom stereocenters. The van der Waals surface area contributed by atoms with Gasteiger partial charge >= 0.3 is 30.3 Å². The van der Waals surface area contributed by atoms with Gasteiger partial charge in [0.25, 0.3) is 0 Å². The van der Waals surface area contributed by atoms with E-state index in [2.05, 4.69) is 28.1 Å². The number of likely N-dealkylation sites (tertiary alicyclic amines) is 1. The van der Waals surface area contributed by atoms with Crippen LogP contribution in [0.1, 0.15) is 109 Å². The monoisotopic (exact) mass is 1010 g/mol. The van der Waals surface area contributed by atoms with Crippen molar-refractivity contribution in [1.82, 2.24) is 27.0 Å². The van der Waals surface area contributed by atoms with Crippen LogP contribution in [0.5, 0.6) is 0 Å². The molecule has 0 radical (unpaired) electrons. The summed E-state index contributed by atoms with van der Waals surface area (Å²) in [6, 6.07) is -0.938. The van der Waals surface area contributed by atoms with Gasteiger partial charge in [0.15, 0.2) is 0 Å². The number of amides is 6. The number of carbonyl (C=O) groups excluding carboxylic acids is 7. The normalized spacial score (nSPS) is 34.1. The molecule has 20 nitrogen and oxygen atoms in total. The minimum absolute atomic E-state index is 0. The van der Waals surface area contributed by atoms with Crippen LogP contribution in [-0.4, -0.2) is 105 Å². The lowest BCUT2D eigenvalue weighted by atomic mass is 9.80. The number of nitrogens with two attached hydrogens (primary N) is 1. The minimum atomic E-state index is -1.10. The average molecular weight is 1010 g/mol. The number of β-lactam (4-membered cyclic amide) rings is 1. The Morgan fingerprint density at radius 1 is 0.528 bits per heavy atom. The average Bonchev–Trinajstić information content (AvgIpc) is 4.06. The van der Waals surface area contributed by atoms with Crippen molar-refractivity contribution in [3.63, 3.8) is 0 Å². The molecule has 0 aromatic heterocycles. The zero-order valence-corrected chi connectivity index (χ0v) is 44.0. The van der Waals surface area contributed by atoms with Gasteiger partial charge in [-0.25, -0.2) is 24.1 Å². The molecule has 10 N–H and O–H groups in total. The van der Waals surface area contributed by atoms with Crippen LogP contribution in [0, 0.1) is 71.0 Å². The summed E-state index contributed by atoms with van der Waals surface area (Å²) in [6.07, 6.45) is 17.5. The molecule has 72 heavy (non-hydrogen) atoms. The molecule has 400 valence electrons. The first-order chi connectivity index (χ1) is 32.7. The Hall–Kier alpha value is -5.92. The summed E-state index contributed by atoms with van der Waals surface area (Å²) < 4.78 is 20.8. The first-order valence-corrected chi connectivity index (χ1v) is 24.7. The molecule has 20 heteroatoms. The van der Waals surface area contributed by atoms with Crippen molar-refractivity contribution >= 4 is 48.1 Å². The number of imide groups is 1. The van der Waals surface area contributed by atoms with Crippen LogP contribution in [0.15, 0.2) is 48.6 Å². The predicted molar refractivity (Wildman–Crippen MR) is 261 cm³/mol. The number of fused-ring (bicyclic) bond motifs is 11. The first kappa shape index (κ1) is 57.0. The van der Waals surface area contributed by atoms with E-state index >= 15 is 0 Å². The number of hydrogen-bond acceptors (Lipinski definition) is 13. The van der Waals surface area contributed by atoms with Gasteiger partial charge in [-0.1, -0.05) is 48.6 Å². The van der Waals surface area contributed by atoms with Crippen LogP contribution in [0.2, 0.25) is 0 Å². The van der Waals surface area contributed by atoms with Crippen LogP contribution in [0.4, 0.5) is 19.2 Å². The van der Waals surface area contributed by atoms with Gasteiger partial charge in [-0.2, -0.15) is 0 Å². The number of nitrogens with zero attached hydrogens (tertiary/aromatic N) is 1. The highest BCUT2D eigenvalue weighted by molar-refractivity contribution is 6.00. The summed E-state index contributed by atoms with van der Waals surface area (Å²) in [5.41, 5.74) is 3.16. The van der Waals surface area contributed by atoms with Gasteiger partial charge in [0.2, 0.25) is 11.8 Å². The molecule has 1 aliphatic heterocycles. The van der Waals surface area contributed by atoms with E-state index in [0.717, 1.165) is 25.7 Å². The molecule has 5 fully saturated rings. The fourth-order valence-electron chi connectivity index (χ4n) is 11.7. The third kappa shape index (κ3) is 13.4. The second-order valence-corrected chi connectivity index (χ2v) is 24.2. The highest BCUT2D eigenvalue weighted by Crippen LogP contribution is 2.53. The van der Waals surface area contributed by atoms with Crippen LogP contribution in [-0.2, 0) is 38.1 Å². The van der Waals surface area contributed by atoms with Gasteiger partial charge in [-0.05, 0) is 156 Å². The lowest BCUT2D eigenvalue weighted by Gasteiger charge is -2.46. The number of ether oxygens (including phenoxy) is 4. The van der Waals surface area contributed by atoms with Crippen molar-refractivity contribution in [3.8, 4) is 0 Å². The SMILES string of the molecule is CC(C)(C)OC(=O)N1C(=O)[C@@H]2[C@H]1[C@H]1C=C[C@@H]2C1.CC(C)(C)OC(=O)N[C@@H]1[C@@H](C(N)=O)[C@@H]2C=C[C@H]1C2.CC(C)(C)OC(=O)N[C@@H]1[C@H](C(=O)O)[C@@H]2C=C[C@H]1C2.CC(C)(C)OC(=O)N[C@@H]1[C@H](C(=O)[O-])[C@@H]2C=C[C@H]1C2.[NH4+]. The van der Waals surface area contributed by atoms with E-state index in [4.69, 9.17) is 24.7 Å². The number of allylic oxidation sites excluding steroid dienone is 4. The predicted octanol–water partition coefficient (Wildman–Crippen LogP) is 5.76. The van der Waals surface area contributed by atoms with Crippen LogP contribution in [0.3, 0.4) is 0 Å². The number of primary amides is 1. The van der Waals surface area contributed by atoms with Crippen molar-refractivity contribution in [2.75, 3.05) is 0 Å². The van der Waals surface area contributed by atoms with Crippen molar-refractivity contribution in [3.05, 3.63) is 48.6 Å². The van der Waals surface area contributed by atoms with Crippen LogP contribution >= 0.6 is 0 Å². The molecule has 6 amide bonds. The zero-order valence-electron chi connectivity index (χ0n) is 44.0. The smallest absolute Gasteiger partial charge is 0.417 e. The van der Waals surface area contributed by atoms with E-state index in [1.807, 2.05) is 57.2 Å². The summed E-state index contributed by atoms with van der Waals surface area (Å²) in [5, 5.41) is 28.5. The number of rotatable bonds is 6. The molecule has 8 bridgehead atoms. The molecule has 9 aliphatic rings. The highest BCUT2D eigenvalue weighted by atomic mass is 16.6. The second kappa shape index (κ2) is 21.3. The molecular formula is C52H78N6O14. The third-order valence-electron chi connectivity index (χ3n) is 14.1. The lowest BCUT2D eigenvalue weighted by molar-refractivity contribution is -0.313. The van der Waals surface area contributed by atoms with Crippen molar-refractivity contribution < 1.29 is 67.5 Å². The Balaban J connectivity index is 0.000000177. The van der Waals surface area contributed by atoms with Gasteiger partial charge in [-0.3, -0.25) is 14.4 Å². The zero-order chi connectivity index (χ0) is 52.9. The summed E-state index contributed by atoms with van der Waals surface area (Å²) >= 11 is 0. The maximum absolute atomic E-state index is 12.0. The molecular weight excluding hydrogens is 933 g/mol. The van der Waals surface area contributed by atoms with Crippen LogP contribution < -0.4 is 32.9 Å². The minimum Gasteiger partial charge on any atom is -0.550 e. The number of carboxylic acid groups (broad SMARTS) is 2. The Morgan fingerprint density at radius 2 is 0.847 bits per heavy atom. The van der Waals surface area contributed by atoms with Gasteiger partial charge in [-0.15, -0.1) is 0 Å². The maximum Gasteiger partial charge on any atom is 0.417 e. The molecule has 9 rings (SSSR count). The number of hydrogen-bond donors (Lipinski definition) is 6. The standard InChI is InChI=1S/C13H20N2O3.2C13H19NO4.C13H17NO3.H3N/c1-13(2,3)18-12(17)15-10-8-5-4-7(6-8)9(10)11(14)16;2*1-13(2,3)18-12(17)14-10-8-5-4-7(6-8)9(10)11(15)16;1-13(2,3)17-12(16)14-10-8-5-4-7(6-8)9(10)11(14)15;/h4-5,7-10H,6H2,1-3H3,(H2,14,16)(H,15,17);2*4-5,7-10H,6H2,1-3H3,(H,14,17)(H,15,16);4-5,7-10H,6H2,1-3H3;1H3/t7-,8+,9+,10+;2*7-,8+,9-,10+;7-,8+,9+,10-;/m1111./s1. The fraction of sp³-hybridized carbons (Fsp3) is 0.692. The van der Waals surface area contributed by atoms with Crippen molar-refractivity contribution in [2.24, 2.45) is 76.7 Å². The van der Waals surface area contributed by atoms with E-state index in [1.54, 1.807) is 62.3 Å². The van der Waals surface area contributed by atoms with Crippen molar-refractivity contribution in [2.45, 2.75) is 155 Å². The second-order valence-electron chi connectivity index (χ2n) is 24.2. The molecule has 4 saturated carbocycles. The van der Waals surface area contributed by atoms with E-state index in [0.29, 0.717) is 11.8 Å². The number of nitrogens with one attached hydrogen (secondary N) is 3. The van der Waals surface area contributed by atoms with Gasteiger partial charge in [0, 0.05) is 17.9 Å². The number of quaternary nitrogens is 1. The van der Waals surface area contributed by atoms with Crippen LogP contribution in [0.25, 0.3) is 0 Å². The Labute approximate surface area is 422 Å². The number of carboxylic acids is 2. The lowest BCUT2D eigenvalue weighted by Crippen LogP contribution is -2.65. The molecule has 0 aromatic carbocycles. The molecule has 0 spiro atoms. The van der Waals surface area contributed by atoms with E-state index in [-0.39, 0.29) is 83.4 Å². The Kier molecular flexibility index (Phi) is 16.8. The number of aliphatic carboxylic acids is 2. The highest BCUT2D eigenvalue weighted by Gasteiger charge is 2.63. The quantitative estimate of drug-likeness (QED) is 0.105. The molecule has 8 aliphatic carbocycles. The first-order valence-electron chi connectivity index (χ1n) is 24.7. The third-order valence-corrected chi connectivity index (χ3v) is 14.1. The molecule has 1 heterocycles. The number of alkyl carbamates (subject to hydrolysis) is 3. The maximum atomic E-state index is 12.0. The summed E-state index contributed by atoms with van der Waals surface area (Å²) in [6.45, 7) is 21.5. The van der Waals surface area contributed by atoms with Gasteiger partial charge in [0.05, 0.1) is 35.9 Å². The largest absolute Gasteiger partial charge is 0.550 e. The van der Waals surface area contributed by atoms with Crippen molar-refractivity contribution in [1.29, 1.82) is 0 Å². The molecule has 0 unspecified atom stereocenters.